The van der Waals surface area contributed by atoms with Crippen molar-refractivity contribution in [3.8, 4) is 0 Å². The smallest absolute Gasteiger partial charge is 0.264 e. The van der Waals surface area contributed by atoms with Crippen LogP contribution in [0.15, 0.2) is 48.8 Å². The summed E-state index contributed by atoms with van der Waals surface area (Å²) in [4.78, 5) is 4.07. The molecule has 1 spiro atoms. The molecule has 2 atom stereocenters. The summed E-state index contributed by atoms with van der Waals surface area (Å²) in [7, 11) is -3.45. The van der Waals surface area contributed by atoms with Crippen LogP contribution < -0.4 is 4.72 Å². The fourth-order valence-corrected chi connectivity index (χ4v) is 5.57. The molecule has 3 aliphatic rings. The first-order valence-electron chi connectivity index (χ1n) is 7.61. The number of nitrogens with zero attached hydrogens (tertiary/aromatic N) is 2. The van der Waals surface area contributed by atoms with E-state index in [0.29, 0.717) is 13.1 Å². The molecular weight excluding hydrogens is 298 g/mol. The predicted octanol–water partition coefficient (Wildman–Crippen LogP) is 1.62. The van der Waals surface area contributed by atoms with Crippen molar-refractivity contribution in [2.24, 2.45) is 11.8 Å². The second kappa shape index (κ2) is 5.01. The molecule has 6 heteroatoms. The molecule has 1 aliphatic heterocycles. The standard InChI is InChI=1S/C16H19N3O2S/c20-22(21)18-16(14-5-1-2-6-15(16)8-7-14)12-19(22)11-13-4-3-9-17-10-13/h1-4,7-10,14-15,18H,5-6,11-12H2. The Morgan fingerprint density at radius 2 is 2.00 bits per heavy atom. The van der Waals surface area contributed by atoms with Crippen LogP contribution in [-0.2, 0) is 16.8 Å². The fraction of sp³-hybridized carbons (Fsp3) is 0.438. The van der Waals surface area contributed by atoms with Crippen molar-refractivity contribution in [3.05, 3.63) is 54.4 Å². The Kier molecular flexibility index (Phi) is 3.21. The van der Waals surface area contributed by atoms with Gasteiger partial charge in [0.2, 0.25) is 0 Å². The molecule has 0 amide bonds. The van der Waals surface area contributed by atoms with E-state index in [1.54, 1.807) is 16.7 Å². The Bertz CT molecular complexity index is 709. The van der Waals surface area contributed by atoms with E-state index < -0.39 is 10.2 Å². The highest BCUT2D eigenvalue weighted by Crippen LogP contribution is 2.45. The zero-order valence-electron chi connectivity index (χ0n) is 12.2. The van der Waals surface area contributed by atoms with Gasteiger partial charge in [0.25, 0.3) is 10.2 Å². The van der Waals surface area contributed by atoms with Gasteiger partial charge in [-0.15, -0.1) is 0 Å². The zero-order valence-corrected chi connectivity index (χ0v) is 13.0. The second-order valence-corrected chi connectivity index (χ2v) is 7.99. The summed E-state index contributed by atoms with van der Waals surface area (Å²) in [6.07, 6.45) is 13.9. The number of aromatic nitrogens is 1. The first-order valence-corrected chi connectivity index (χ1v) is 9.05. The van der Waals surface area contributed by atoms with Crippen LogP contribution in [-0.4, -0.2) is 29.8 Å². The van der Waals surface area contributed by atoms with E-state index in [0.717, 1.165) is 18.4 Å². The molecule has 5 nitrogen and oxygen atoms in total. The van der Waals surface area contributed by atoms with Gasteiger partial charge < -0.3 is 0 Å². The minimum Gasteiger partial charge on any atom is -0.264 e. The van der Waals surface area contributed by atoms with Crippen LogP contribution >= 0.6 is 0 Å². The lowest BCUT2D eigenvalue weighted by atomic mass is 9.79. The van der Waals surface area contributed by atoms with Crippen LogP contribution in [0.25, 0.3) is 0 Å². The number of allylic oxidation sites excluding steroid dienone is 2. The molecule has 4 rings (SSSR count). The summed E-state index contributed by atoms with van der Waals surface area (Å²) in [5.41, 5.74) is 0.529. The lowest BCUT2D eigenvalue weighted by Crippen LogP contribution is -2.51. The number of hydrogen-bond acceptors (Lipinski definition) is 3. The van der Waals surface area contributed by atoms with E-state index in [4.69, 9.17) is 0 Å². The van der Waals surface area contributed by atoms with Crippen LogP contribution in [0.3, 0.4) is 0 Å². The SMILES string of the molecule is O=S1(=O)NC2(CN1Cc1cccnc1)C1C=CC2CC=CC1. The molecule has 0 radical (unpaired) electrons. The summed E-state index contributed by atoms with van der Waals surface area (Å²) >= 11 is 0. The highest BCUT2D eigenvalue weighted by Gasteiger charge is 2.56. The van der Waals surface area contributed by atoms with Crippen LogP contribution in [0.5, 0.6) is 0 Å². The highest BCUT2D eigenvalue weighted by molar-refractivity contribution is 7.87. The molecule has 1 N–H and O–H groups in total. The van der Waals surface area contributed by atoms with E-state index in [1.807, 2.05) is 12.1 Å². The van der Waals surface area contributed by atoms with Crippen LogP contribution in [0.2, 0.25) is 0 Å². The molecule has 0 saturated carbocycles. The molecule has 116 valence electrons. The normalized spacial score (nSPS) is 36.0. The Morgan fingerprint density at radius 3 is 2.64 bits per heavy atom. The summed E-state index contributed by atoms with van der Waals surface area (Å²) < 4.78 is 29.8. The van der Waals surface area contributed by atoms with Gasteiger partial charge in [-0.05, 0) is 24.5 Å². The monoisotopic (exact) mass is 317 g/mol. The Labute approximate surface area is 130 Å². The third kappa shape index (κ3) is 2.14. The first kappa shape index (κ1) is 14.1. The van der Waals surface area contributed by atoms with Gasteiger partial charge in [0.05, 0.1) is 5.54 Å². The van der Waals surface area contributed by atoms with Gasteiger partial charge in [-0.25, -0.2) is 0 Å². The molecule has 2 bridgehead atoms. The maximum absolute atomic E-state index is 12.6. The summed E-state index contributed by atoms with van der Waals surface area (Å²) in [5.74, 6) is 0.481. The summed E-state index contributed by atoms with van der Waals surface area (Å²) in [6, 6.07) is 3.75. The van der Waals surface area contributed by atoms with E-state index >= 15 is 0 Å². The van der Waals surface area contributed by atoms with E-state index in [1.165, 1.54) is 0 Å². The topological polar surface area (TPSA) is 62.3 Å². The predicted molar refractivity (Wildman–Crippen MR) is 83.9 cm³/mol. The second-order valence-electron chi connectivity index (χ2n) is 6.32. The van der Waals surface area contributed by atoms with Crippen LogP contribution in [0, 0.1) is 11.8 Å². The number of nitrogens with one attached hydrogen (secondary N) is 1. The van der Waals surface area contributed by atoms with Gasteiger partial charge in [-0.2, -0.15) is 17.4 Å². The molecule has 1 aromatic heterocycles. The number of pyridine rings is 1. The molecule has 22 heavy (non-hydrogen) atoms. The van der Waals surface area contributed by atoms with Gasteiger partial charge in [-0.3, -0.25) is 4.98 Å². The van der Waals surface area contributed by atoms with Crippen molar-refractivity contribution in [3.63, 3.8) is 0 Å². The minimum absolute atomic E-state index is 0.241. The lowest BCUT2D eigenvalue weighted by Gasteiger charge is -2.33. The number of rotatable bonds is 2. The van der Waals surface area contributed by atoms with Gasteiger partial charge in [0.15, 0.2) is 0 Å². The van der Waals surface area contributed by atoms with Crippen molar-refractivity contribution in [2.75, 3.05) is 6.54 Å². The molecule has 1 aromatic rings. The first-order chi connectivity index (χ1) is 10.6. The van der Waals surface area contributed by atoms with E-state index in [-0.39, 0.29) is 17.4 Å². The van der Waals surface area contributed by atoms with Gasteiger partial charge in [-0.1, -0.05) is 30.4 Å². The summed E-state index contributed by atoms with van der Waals surface area (Å²) in [5, 5.41) is 0. The number of hydrogen-bond donors (Lipinski definition) is 1. The Balaban J connectivity index is 1.64. The molecular formula is C16H19N3O2S. The molecule has 1 saturated heterocycles. The minimum atomic E-state index is -3.45. The van der Waals surface area contributed by atoms with Crippen molar-refractivity contribution in [2.45, 2.75) is 24.9 Å². The third-order valence-corrected chi connectivity index (χ3v) is 6.60. The lowest BCUT2D eigenvalue weighted by molar-refractivity contribution is 0.228. The maximum Gasteiger partial charge on any atom is 0.280 e. The largest absolute Gasteiger partial charge is 0.280 e. The average Bonchev–Trinajstić information content (AvgIpc) is 2.84. The molecule has 0 aromatic carbocycles. The van der Waals surface area contributed by atoms with Crippen molar-refractivity contribution >= 4 is 10.2 Å². The molecule has 2 unspecified atom stereocenters. The van der Waals surface area contributed by atoms with E-state index in [2.05, 4.69) is 34.0 Å². The van der Waals surface area contributed by atoms with E-state index in [9.17, 15) is 8.42 Å². The van der Waals surface area contributed by atoms with Crippen molar-refractivity contribution in [1.29, 1.82) is 0 Å². The third-order valence-electron chi connectivity index (χ3n) is 5.02. The van der Waals surface area contributed by atoms with Crippen molar-refractivity contribution in [1.82, 2.24) is 14.0 Å². The Hall–Kier alpha value is -1.50. The highest BCUT2D eigenvalue weighted by atomic mass is 32.2. The quantitative estimate of drug-likeness (QED) is 0.843. The maximum atomic E-state index is 12.6. The molecule has 1 fully saturated rings. The zero-order chi connectivity index (χ0) is 15.2. The van der Waals surface area contributed by atoms with Crippen molar-refractivity contribution < 1.29 is 8.42 Å². The average molecular weight is 317 g/mol. The fourth-order valence-electron chi connectivity index (χ4n) is 3.89. The Morgan fingerprint density at radius 1 is 1.27 bits per heavy atom. The molecule has 2 heterocycles. The van der Waals surface area contributed by atoms with Gasteiger partial charge in [0, 0.05) is 37.3 Å². The van der Waals surface area contributed by atoms with Gasteiger partial charge in [0.1, 0.15) is 0 Å². The summed E-state index contributed by atoms with van der Waals surface area (Å²) in [6.45, 7) is 0.895. The molecule has 2 aliphatic carbocycles. The van der Waals surface area contributed by atoms with Crippen LogP contribution in [0.1, 0.15) is 18.4 Å². The van der Waals surface area contributed by atoms with Crippen LogP contribution in [0.4, 0.5) is 0 Å². The van der Waals surface area contributed by atoms with Gasteiger partial charge >= 0.3 is 0 Å².